The summed E-state index contributed by atoms with van der Waals surface area (Å²) < 4.78 is 1.61. The summed E-state index contributed by atoms with van der Waals surface area (Å²) >= 11 is 6.08. The normalized spacial score (nSPS) is 11.1. The number of carbonyl (C=O) groups is 1. The second-order valence-corrected chi connectivity index (χ2v) is 5.64. The van der Waals surface area contributed by atoms with Gasteiger partial charge < -0.3 is 5.73 Å². The maximum Gasteiger partial charge on any atom is 0.252 e. The monoisotopic (exact) mass is 291 g/mol. The number of hydrogen-bond donors (Lipinski definition) is 1. The molecule has 0 atom stereocenters. The number of rotatable bonds is 4. The summed E-state index contributed by atoms with van der Waals surface area (Å²) in [4.78, 5) is 11.5. The number of hydrogen-bond acceptors (Lipinski definition) is 2. The zero-order chi connectivity index (χ0) is 14.9. The minimum absolute atomic E-state index is 0.378. The molecule has 5 heteroatoms. The molecule has 0 aliphatic rings. The first kappa shape index (κ1) is 14.6. The van der Waals surface area contributed by atoms with Crippen LogP contribution in [0.2, 0.25) is 5.02 Å². The van der Waals surface area contributed by atoms with Gasteiger partial charge in [-0.15, -0.1) is 0 Å². The summed E-state index contributed by atoms with van der Waals surface area (Å²) in [5.74, 6) is -0.0794. The van der Waals surface area contributed by atoms with Gasteiger partial charge in [0.05, 0.1) is 11.3 Å². The fourth-order valence-corrected chi connectivity index (χ4v) is 2.54. The Hall–Kier alpha value is -1.81. The van der Waals surface area contributed by atoms with Crippen molar-refractivity contribution in [2.45, 2.75) is 26.2 Å². The van der Waals surface area contributed by atoms with Crippen LogP contribution < -0.4 is 5.73 Å². The Bertz CT molecular complexity index is 647. The van der Waals surface area contributed by atoms with Crippen LogP contribution in [0.4, 0.5) is 0 Å². The number of amides is 1. The van der Waals surface area contributed by atoms with Gasteiger partial charge in [0.2, 0.25) is 0 Å². The number of nitrogens with zero attached hydrogens (tertiary/aromatic N) is 2. The van der Waals surface area contributed by atoms with Crippen LogP contribution in [-0.4, -0.2) is 15.7 Å². The Labute approximate surface area is 123 Å². The molecule has 0 saturated heterocycles. The highest BCUT2D eigenvalue weighted by atomic mass is 35.5. The smallest absolute Gasteiger partial charge is 0.252 e. The van der Waals surface area contributed by atoms with Gasteiger partial charge in [0.15, 0.2) is 0 Å². The Morgan fingerprint density at radius 2 is 2.15 bits per heavy atom. The summed E-state index contributed by atoms with van der Waals surface area (Å²) in [6, 6.07) is 5.83. The molecular formula is C15H18ClN3O. The Balaban J connectivity index is 2.44. The van der Waals surface area contributed by atoms with Crippen molar-refractivity contribution in [2.24, 2.45) is 12.8 Å². The van der Waals surface area contributed by atoms with E-state index in [1.165, 1.54) is 5.56 Å². The van der Waals surface area contributed by atoms with Crippen molar-refractivity contribution in [3.8, 4) is 0 Å². The molecule has 2 rings (SSSR count). The molecule has 106 valence electrons. The summed E-state index contributed by atoms with van der Waals surface area (Å²) in [7, 11) is 1.78. The standard InChI is InChI=1S/C15H18ClN3O/c1-9(2)12-5-4-11(16)6-10(12)7-14-13(15(17)20)8-19(3)18-14/h4-6,8-9H,7H2,1-3H3,(H2,17,20). The lowest BCUT2D eigenvalue weighted by molar-refractivity contribution is 0.0999. The zero-order valence-electron chi connectivity index (χ0n) is 11.9. The van der Waals surface area contributed by atoms with Crippen LogP contribution >= 0.6 is 11.6 Å². The van der Waals surface area contributed by atoms with Gasteiger partial charge in [-0.3, -0.25) is 9.48 Å². The highest BCUT2D eigenvalue weighted by Gasteiger charge is 2.16. The predicted molar refractivity (Wildman–Crippen MR) is 80.1 cm³/mol. The fourth-order valence-electron chi connectivity index (χ4n) is 2.34. The van der Waals surface area contributed by atoms with Crippen LogP contribution in [0.5, 0.6) is 0 Å². The molecule has 1 heterocycles. The molecule has 1 amide bonds. The number of aryl methyl sites for hydroxylation is 1. The van der Waals surface area contributed by atoms with E-state index in [0.717, 1.165) is 5.56 Å². The molecule has 0 spiro atoms. The van der Waals surface area contributed by atoms with E-state index in [1.54, 1.807) is 17.9 Å². The van der Waals surface area contributed by atoms with Gasteiger partial charge in [-0.05, 0) is 29.2 Å². The van der Waals surface area contributed by atoms with Crippen LogP contribution in [0.1, 0.15) is 46.9 Å². The van der Waals surface area contributed by atoms with Gasteiger partial charge in [0, 0.05) is 24.7 Å². The van der Waals surface area contributed by atoms with Crippen LogP contribution in [0.15, 0.2) is 24.4 Å². The van der Waals surface area contributed by atoms with Crippen LogP contribution in [-0.2, 0) is 13.5 Å². The molecule has 20 heavy (non-hydrogen) atoms. The number of halogens is 1. The lowest BCUT2D eigenvalue weighted by atomic mass is 9.94. The molecule has 4 nitrogen and oxygen atoms in total. The maximum atomic E-state index is 11.5. The average Bonchev–Trinajstić information content (AvgIpc) is 2.70. The maximum absolute atomic E-state index is 11.5. The molecule has 2 aromatic rings. The minimum atomic E-state index is -0.457. The lowest BCUT2D eigenvalue weighted by Crippen LogP contribution is -2.13. The highest BCUT2D eigenvalue weighted by molar-refractivity contribution is 6.30. The molecule has 0 unspecified atom stereocenters. The molecule has 0 bridgehead atoms. The largest absolute Gasteiger partial charge is 0.365 e. The quantitative estimate of drug-likeness (QED) is 0.941. The highest BCUT2D eigenvalue weighted by Crippen LogP contribution is 2.25. The number of nitrogens with two attached hydrogens (primary N) is 1. The Morgan fingerprint density at radius 3 is 2.75 bits per heavy atom. The van der Waals surface area contributed by atoms with Crippen LogP contribution in [0.3, 0.4) is 0 Å². The van der Waals surface area contributed by atoms with Crippen molar-refractivity contribution in [1.82, 2.24) is 9.78 Å². The third kappa shape index (κ3) is 3.02. The fraction of sp³-hybridized carbons (Fsp3) is 0.333. The Kier molecular flexibility index (Phi) is 4.14. The van der Waals surface area contributed by atoms with E-state index in [-0.39, 0.29) is 0 Å². The molecular weight excluding hydrogens is 274 g/mol. The first-order valence-electron chi connectivity index (χ1n) is 6.49. The zero-order valence-corrected chi connectivity index (χ0v) is 12.6. The third-order valence-electron chi connectivity index (χ3n) is 3.26. The van der Waals surface area contributed by atoms with E-state index >= 15 is 0 Å². The second-order valence-electron chi connectivity index (χ2n) is 5.20. The number of carbonyl (C=O) groups excluding carboxylic acids is 1. The third-order valence-corrected chi connectivity index (χ3v) is 3.49. The average molecular weight is 292 g/mol. The Morgan fingerprint density at radius 1 is 1.45 bits per heavy atom. The number of primary amides is 1. The molecule has 2 N–H and O–H groups in total. The van der Waals surface area contributed by atoms with E-state index in [9.17, 15) is 4.79 Å². The molecule has 0 aliphatic heterocycles. The predicted octanol–water partition coefficient (Wildman–Crippen LogP) is 2.89. The first-order chi connectivity index (χ1) is 9.38. The van der Waals surface area contributed by atoms with E-state index in [0.29, 0.717) is 28.6 Å². The lowest BCUT2D eigenvalue weighted by Gasteiger charge is -2.12. The minimum Gasteiger partial charge on any atom is -0.365 e. The van der Waals surface area contributed by atoms with Crippen LogP contribution in [0.25, 0.3) is 0 Å². The summed E-state index contributed by atoms with van der Waals surface area (Å²) in [5, 5.41) is 5.01. The van der Waals surface area contributed by atoms with Crippen molar-refractivity contribution in [3.05, 3.63) is 51.8 Å². The molecule has 1 aromatic heterocycles. The van der Waals surface area contributed by atoms with E-state index in [2.05, 4.69) is 18.9 Å². The van der Waals surface area contributed by atoms with Crippen molar-refractivity contribution in [1.29, 1.82) is 0 Å². The molecule has 0 aliphatic carbocycles. The number of aromatic nitrogens is 2. The van der Waals surface area contributed by atoms with Crippen molar-refractivity contribution < 1.29 is 4.79 Å². The molecule has 1 aromatic carbocycles. The van der Waals surface area contributed by atoms with Gasteiger partial charge in [0.25, 0.3) is 5.91 Å². The topological polar surface area (TPSA) is 60.9 Å². The molecule has 0 radical (unpaired) electrons. The summed E-state index contributed by atoms with van der Waals surface area (Å²) in [5.41, 5.74) is 8.82. The van der Waals surface area contributed by atoms with E-state index in [4.69, 9.17) is 17.3 Å². The van der Waals surface area contributed by atoms with Gasteiger partial charge in [-0.2, -0.15) is 5.10 Å². The SMILES string of the molecule is CC(C)c1ccc(Cl)cc1Cc1nn(C)cc1C(N)=O. The summed E-state index contributed by atoms with van der Waals surface area (Å²) in [6.07, 6.45) is 2.20. The van der Waals surface area contributed by atoms with Gasteiger partial charge >= 0.3 is 0 Å². The van der Waals surface area contributed by atoms with Crippen LogP contribution in [0, 0.1) is 0 Å². The van der Waals surface area contributed by atoms with Crippen molar-refractivity contribution in [2.75, 3.05) is 0 Å². The van der Waals surface area contributed by atoms with E-state index in [1.807, 2.05) is 18.2 Å². The van der Waals surface area contributed by atoms with Gasteiger partial charge in [-0.1, -0.05) is 31.5 Å². The summed E-state index contributed by atoms with van der Waals surface area (Å²) in [6.45, 7) is 4.25. The van der Waals surface area contributed by atoms with E-state index < -0.39 is 5.91 Å². The second kappa shape index (κ2) is 5.67. The van der Waals surface area contributed by atoms with Crippen molar-refractivity contribution in [3.63, 3.8) is 0 Å². The first-order valence-corrected chi connectivity index (χ1v) is 6.87. The van der Waals surface area contributed by atoms with Crippen molar-refractivity contribution >= 4 is 17.5 Å². The van der Waals surface area contributed by atoms with Gasteiger partial charge in [-0.25, -0.2) is 0 Å². The molecule has 0 saturated carbocycles. The molecule has 0 fully saturated rings. The van der Waals surface area contributed by atoms with Gasteiger partial charge in [0.1, 0.15) is 0 Å². The number of benzene rings is 1.